The quantitative estimate of drug-likeness (QED) is 0.511. The van der Waals surface area contributed by atoms with Gasteiger partial charge in [0.15, 0.2) is 0 Å². The van der Waals surface area contributed by atoms with Crippen LogP contribution in [-0.2, 0) is 0 Å². The molecule has 0 spiro atoms. The molecule has 0 aliphatic rings. The Labute approximate surface area is 72.6 Å². The van der Waals surface area contributed by atoms with E-state index in [0.29, 0.717) is 0 Å². The average Bonchev–Trinajstić information content (AvgIpc) is 2.05. The van der Waals surface area contributed by atoms with E-state index in [1.54, 1.807) is 0 Å². The molecular weight excluding hydrogens is 154 g/mol. The van der Waals surface area contributed by atoms with Crippen molar-refractivity contribution in [3.05, 3.63) is 29.8 Å². The van der Waals surface area contributed by atoms with Gasteiger partial charge < -0.3 is 0 Å². The van der Waals surface area contributed by atoms with Gasteiger partial charge in [-0.05, 0) is 31.3 Å². The van der Waals surface area contributed by atoms with Crippen molar-refractivity contribution in [2.24, 2.45) is 4.99 Å². The maximum absolute atomic E-state index is 4.18. The van der Waals surface area contributed by atoms with Crippen molar-refractivity contribution >= 4 is 19.3 Å². The van der Waals surface area contributed by atoms with E-state index in [4.69, 9.17) is 0 Å². The Bertz CT molecular complexity index is 240. The second-order valence-corrected chi connectivity index (χ2v) is 2.97. The smallest absolute Gasteiger partial charge is 0.0713 e. The minimum Gasteiger partial charge on any atom is -0.293 e. The Balaban J connectivity index is 2.89. The summed E-state index contributed by atoms with van der Waals surface area (Å²) in [7, 11) is 0. The van der Waals surface area contributed by atoms with Crippen LogP contribution in [0.3, 0.4) is 0 Å². The molecule has 0 bridgehead atoms. The van der Waals surface area contributed by atoms with E-state index in [0.717, 1.165) is 4.90 Å². The zero-order valence-corrected chi connectivity index (χ0v) is 7.38. The molecule has 1 unspecified atom stereocenters. The Hall–Kier alpha value is -0.760. The third-order valence-corrected chi connectivity index (χ3v) is 1.95. The first kappa shape index (κ1) is 8.34. The van der Waals surface area contributed by atoms with E-state index in [1.807, 2.05) is 31.2 Å². The van der Waals surface area contributed by atoms with Crippen LogP contribution in [0.2, 0.25) is 0 Å². The number of rotatable bonds is 2. The topological polar surface area (TPSA) is 12.4 Å². The second kappa shape index (κ2) is 3.58. The van der Waals surface area contributed by atoms with Crippen molar-refractivity contribution in [1.82, 2.24) is 0 Å². The van der Waals surface area contributed by atoms with Crippen molar-refractivity contribution < 1.29 is 0 Å². The molecule has 0 N–H and O–H groups in total. The Morgan fingerprint density at radius 3 is 2.36 bits per heavy atom. The molecule has 1 rings (SSSR count). The summed E-state index contributed by atoms with van der Waals surface area (Å²) in [4.78, 5) is 4.89. The number of nitrogens with zero attached hydrogens (tertiary/aromatic N) is 1. The summed E-state index contributed by atoms with van der Waals surface area (Å²) < 4.78 is 0. The van der Waals surface area contributed by atoms with Gasteiger partial charge in [-0.2, -0.15) is 0 Å². The van der Waals surface area contributed by atoms with Gasteiger partial charge in [0.25, 0.3) is 0 Å². The Morgan fingerprint density at radius 2 is 1.91 bits per heavy atom. The lowest BCUT2D eigenvalue weighted by Gasteiger charge is -2.04. The van der Waals surface area contributed by atoms with E-state index in [1.165, 1.54) is 5.56 Å². The van der Waals surface area contributed by atoms with Crippen molar-refractivity contribution in [2.75, 3.05) is 0 Å². The molecule has 0 fully saturated rings. The monoisotopic (exact) mass is 165 g/mol. The Morgan fingerprint density at radius 1 is 1.36 bits per heavy atom. The highest BCUT2D eigenvalue weighted by molar-refractivity contribution is 7.80. The molecular formula is C9H11NS. The van der Waals surface area contributed by atoms with E-state index in [-0.39, 0.29) is 6.04 Å². The molecule has 0 aromatic heterocycles. The SMILES string of the molecule is C=NC(C)c1ccc(S)cc1. The minimum absolute atomic E-state index is 0.184. The van der Waals surface area contributed by atoms with Gasteiger partial charge in [-0.15, -0.1) is 12.6 Å². The van der Waals surface area contributed by atoms with Gasteiger partial charge >= 0.3 is 0 Å². The molecule has 1 nitrogen and oxygen atoms in total. The molecule has 58 valence electrons. The van der Waals surface area contributed by atoms with E-state index < -0.39 is 0 Å². The summed E-state index contributed by atoms with van der Waals surface area (Å²) >= 11 is 4.18. The van der Waals surface area contributed by atoms with Crippen molar-refractivity contribution in [3.8, 4) is 0 Å². The lowest BCUT2D eigenvalue weighted by molar-refractivity contribution is 0.827. The molecule has 0 saturated carbocycles. The predicted octanol–water partition coefficient (Wildman–Crippen LogP) is 2.74. The molecule has 0 aliphatic carbocycles. The molecule has 0 heterocycles. The molecule has 0 saturated heterocycles. The van der Waals surface area contributed by atoms with E-state index in [2.05, 4.69) is 24.3 Å². The molecule has 1 aromatic rings. The number of thiol groups is 1. The fourth-order valence-electron chi connectivity index (χ4n) is 0.858. The van der Waals surface area contributed by atoms with Gasteiger partial charge in [0, 0.05) is 4.90 Å². The zero-order valence-electron chi connectivity index (χ0n) is 6.49. The van der Waals surface area contributed by atoms with E-state index >= 15 is 0 Å². The van der Waals surface area contributed by atoms with Gasteiger partial charge in [0.05, 0.1) is 6.04 Å². The first-order valence-corrected chi connectivity index (χ1v) is 3.93. The maximum atomic E-state index is 4.18. The van der Waals surface area contributed by atoms with E-state index in [9.17, 15) is 0 Å². The second-order valence-electron chi connectivity index (χ2n) is 2.45. The lowest BCUT2D eigenvalue weighted by Crippen LogP contribution is -1.86. The van der Waals surface area contributed by atoms with Crippen molar-refractivity contribution in [2.45, 2.75) is 17.9 Å². The molecule has 1 aromatic carbocycles. The zero-order chi connectivity index (χ0) is 8.27. The minimum atomic E-state index is 0.184. The Kier molecular flexibility index (Phi) is 2.71. The molecule has 1 atom stereocenters. The van der Waals surface area contributed by atoms with Crippen LogP contribution >= 0.6 is 12.6 Å². The van der Waals surface area contributed by atoms with Crippen LogP contribution < -0.4 is 0 Å². The summed E-state index contributed by atoms with van der Waals surface area (Å²) in [6.07, 6.45) is 0. The van der Waals surface area contributed by atoms with Crippen LogP contribution in [0.25, 0.3) is 0 Å². The van der Waals surface area contributed by atoms with Gasteiger partial charge in [0.1, 0.15) is 0 Å². The predicted molar refractivity (Wildman–Crippen MR) is 51.7 cm³/mol. The largest absolute Gasteiger partial charge is 0.293 e. The lowest BCUT2D eigenvalue weighted by atomic mass is 10.1. The molecule has 0 amide bonds. The highest BCUT2D eigenvalue weighted by atomic mass is 32.1. The van der Waals surface area contributed by atoms with Crippen LogP contribution in [0.1, 0.15) is 18.5 Å². The first-order valence-electron chi connectivity index (χ1n) is 3.49. The van der Waals surface area contributed by atoms with Crippen LogP contribution in [-0.4, -0.2) is 6.72 Å². The first-order chi connectivity index (χ1) is 5.24. The summed E-state index contributed by atoms with van der Waals surface area (Å²) in [5.41, 5.74) is 1.18. The number of aliphatic imine (C=N–C) groups is 1. The molecule has 0 radical (unpaired) electrons. The summed E-state index contributed by atoms with van der Waals surface area (Å²) in [5, 5.41) is 0. The summed E-state index contributed by atoms with van der Waals surface area (Å²) in [6.45, 7) is 5.50. The standard InChI is InChI=1S/C9H11NS/c1-7(10-2)8-3-5-9(11)6-4-8/h3-7,11H,2H2,1H3. The van der Waals surface area contributed by atoms with Gasteiger partial charge in [-0.3, -0.25) is 4.99 Å². The maximum Gasteiger partial charge on any atom is 0.0713 e. The molecule has 2 heteroatoms. The van der Waals surface area contributed by atoms with Crippen LogP contribution in [0.5, 0.6) is 0 Å². The van der Waals surface area contributed by atoms with Gasteiger partial charge in [-0.1, -0.05) is 12.1 Å². The third kappa shape index (κ3) is 2.09. The molecule has 0 aliphatic heterocycles. The third-order valence-electron chi connectivity index (χ3n) is 1.65. The highest BCUT2D eigenvalue weighted by Crippen LogP contribution is 2.17. The van der Waals surface area contributed by atoms with Crippen molar-refractivity contribution in [3.63, 3.8) is 0 Å². The van der Waals surface area contributed by atoms with Crippen LogP contribution in [0.15, 0.2) is 34.2 Å². The number of hydrogen-bond acceptors (Lipinski definition) is 2. The normalized spacial score (nSPS) is 12.5. The van der Waals surface area contributed by atoms with Gasteiger partial charge in [-0.25, -0.2) is 0 Å². The van der Waals surface area contributed by atoms with Crippen LogP contribution in [0, 0.1) is 0 Å². The fraction of sp³-hybridized carbons (Fsp3) is 0.222. The summed E-state index contributed by atoms with van der Waals surface area (Å²) in [5.74, 6) is 0. The average molecular weight is 165 g/mol. The number of hydrogen-bond donors (Lipinski definition) is 1. The fourth-order valence-corrected chi connectivity index (χ4v) is 1.01. The number of benzene rings is 1. The van der Waals surface area contributed by atoms with Gasteiger partial charge in [0.2, 0.25) is 0 Å². The molecule has 11 heavy (non-hydrogen) atoms. The van der Waals surface area contributed by atoms with Crippen molar-refractivity contribution in [1.29, 1.82) is 0 Å². The highest BCUT2D eigenvalue weighted by Gasteiger charge is 1.99. The van der Waals surface area contributed by atoms with Crippen LogP contribution in [0.4, 0.5) is 0 Å². The summed E-state index contributed by atoms with van der Waals surface area (Å²) in [6, 6.07) is 8.13.